The van der Waals surface area contributed by atoms with Gasteiger partial charge in [0.1, 0.15) is 11.6 Å². The van der Waals surface area contributed by atoms with Gasteiger partial charge in [-0.25, -0.2) is 8.78 Å². The normalized spacial score (nSPS) is 14.3. The molecule has 0 bridgehead atoms. The average molecular weight is 467 g/mol. The van der Waals surface area contributed by atoms with Gasteiger partial charge in [0.05, 0.1) is 5.69 Å². The van der Waals surface area contributed by atoms with Crippen LogP contribution < -0.4 is 0 Å². The summed E-state index contributed by atoms with van der Waals surface area (Å²) in [7, 11) is 1.81. The van der Waals surface area contributed by atoms with Crippen molar-refractivity contribution in [1.82, 2.24) is 20.0 Å². The van der Waals surface area contributed by atoms with Crippen molar-refractivity contribution in [2.75, 3.05) is 26.7 Å². The summed E-state index contributed by atoms with van der Waals surface area (Å²) in [4.78, 5) is 28.9. The van der Waals surface area contributed by atoms with Gasteiger partial charge in [-0.3, -0.25) is 14.7 Å². The lowest BCUT2D eigenvalue weighted by Gasteiger charge is -2.33. The first-order chi connectivity index (χ1) is 16.4. The number of hydrogen-bond acceptors (Lipinski definition) is 3. The van der Waals surface area contributed by atoms with Gasteiger partial charge in [-0.05, 0) is 68.1 Å². The third kappa shape index (κ3) is 5.68. The number of aryl methyl sites for hydroxylation is 1. The summed E-state index contributed by atoms with van der Waals surface area (Å²) in [6, 6.07) is 13.8. The van der Waals surface area contributed by atoms with Gasteiger partial charge in [0.25, 0.3) is 5.91 Å². The maximum absolute atomic E-state index is 13.4. The third-order valence-electron chi connectivity index (χ3n) is 6.29. The molecular formula is C26H28F2N4O2. The molecule has 1 fully saturated rings. The summed E-state index contributed by atoms with van der Waals surface area (Å²) in [5, 5.41) is 7.25. The lowest BCUT2D eigenvalue weighted by atomic mass is 9.94. The van der Waals surface area contributed by atoms with Crippen molar-refractivity contribution < 1.29 is 18.4 Å². The summed E-state index contributed by atoms with van der Waals surface area (Å²) >= 11 is 0. The highest BCUT2D eigenvalue weighted by Crippen LogP contribution is 2.22. The van der Waals surface area contributed by atoms with E-state index in [-0.39, 0.29) is 29.4 Å². The third-order valence-corrected chi connectivity index (χ3v) is 6.29. The van der Waals surface area contributed by atoms with Crippen molar-refractivity contribution in [1.29, 1.82) is 0 Å². The predicted octanol–water partition coefficient (Wildman–Crippen LogP) is 4.30. The molecule has 178 valence electrons. The molecule has 1 saturated heterocycles. The molecule has 1 aliphatic heterocycles. The van der Waals surface area contributed by atoms with Gasteiger partial charge in [0, 0.05) is 49.4 Å². The van der Waals surface area contributed by atoms with Gasteiger partial charge in [0.15, 0.2) is 0 Å². The Morgan fingerprint density at radius 1 is 1.06 bits per heavy atom. The zero-order valence-corrected chi connectivity index (χ0v) is 19.1. The van der Waals surface area contributed by atoms with E-state index < -0.39 is 0 Å². The van der Waals surface area contributed by atoms with E-state index >= 15 is 0 Å². The van der Waals surface area contributed by atoms with E-state index in [4.69, 9.17) is 0 Å². The van der Waals surface area contributed by atoms with E-state index in [0.717, 1.165) is 24.1 Å². The Bertz CT molecular complexity index is 1140. The molecule has 0 unspecified atom stereocenters. The number of nitrogens with one attached hydrogen (secondary N) is 1. The van der Waals surface area contributed by atoms with Crippen LogP contribution in [0.3, 0.4) is 0 Å². The molecule has 34 heavy (non-hydrogen) atoms. The highest BCUT2D eigenvalue weighted by atomic mass is 19.1. The first-order valence-electron chi connectivity index (χ1n) is 11.5. The summed E-state index contributed by atoms with van der Waals surface area (Å²) in [5.74, 6) is -0.805. The molecule has 3 aromatic rings. The molecule has 4 rings (SSSR count). The second-order valence-electron chi connectivity index (χ2n) is 8.73. The fraction of sp³-hybridized carbons (Fsp3) is 0.346. The molecule has 1 aliphatic rings. The van der Waals surface area contributed by atoms with Crippen molar-refractivity contribution >= 4 is 11.8 Å². The van der Waals surface area contributed by atoms with Crippen LogP contribution in [0, 0.1) is 17.6 Å². The SMILES string of the molecule is CN(CCCc1cc(-c2cccc(F)c2)n[nH]1)C(=O)C1CCN(C(=O)c2ccc(F)cc2)CC1. The molecule has 1 aromatic heterocycles. The molecule has 0 aliphatic carbocycles. The predicted molar refractivity (Wildman–Crippen MR) is 125 cm³/mol. The van der Waals surface area contributed by atoms with Crippen LogP contribution in [0.25, 0.3) is 11.3 Å². The molecule has 0 atom stereocenters. The Morgan fingerprint density at radius 2 is 1.79 bits per heavy atom. The summed E-state index contributed by atoms with van der Waals surface area (Å²) in [5.41, 5.74) is 2.82. The highest BCUT2D eigenvalue weighted by molar-refractivity contribution is 5.94. The molecule has 0 saturated carbocycles. The number of carbonyl (C=O) groups is 2. The second-order valence-corrected chi connectivity index (χ2v) is 8.73. The van der Waals surface area contributed by atoms with Gasteiger partial charge in [-0.15, -0.1) is 0 Å². The van der Waals surface area contributed by atoms with E-state index in [9.17, 15) is 18.4 Å². The van der Waals surface area contributed by atoms with Gasteiger partial charge in [0.2, 0.25) is 5.91 Å². The van der Waals surface area contributed by atoms with Crippen LogP contribution in [0.5, 0.6) is 0 Å². The Kier molecular flexibility index (Phi) is 7.35. The number of rotatable bonds is 7. The topological polar surface area (TPSA) is 69.3 Å². The first kappa shape index (κ1) is 23.6. The molecule has 2 aromatic carbocycles. The Morgan fingerprint density at radius 3 is 2.50 bits per heavy atom. The van der Waals surface area contributed by atoms with Gasteiger partial charge >= 0.3 is 0 Å². The van der Waals surface area contributed by atoms with Crippen LogP contribution in [-0.4, -0.2) is 58.5 Å². The average Bonchev–Trinajstić information content (AvgIpc) is 3.33. The van der Waals surface area contributed by atoms with E-state index in [2.05, 4.69) is 10.2 Å². The number of hydrogen-bond donors (Lipinski definition) is 1. The molecule has 0 radical (unpaired) electrons. The van der Waals surface area contributed by atoms with E-state index in [1.54, 1.807) is 15.9 Å². The molecule has 0 spiro atoms. The highest BCUT2D eigenvalue weighted by Gasteiger charge is 2.29. The van der Waals surface area contributed by atoms with Crippen molar-refractivity contribution in [3.05, 3.63) is 77.5 Å². The minimum atomic E-state index is -0.372. The fourth-order valence-corrected chi connectivity index (χ4v) is 4.32. The second kappa shape index (κ2) is 10.6. The number of H-pyrrole nitrogens is 1. The maximum atomic E-state index is 13.4. The molecule has 8 heteroatoms. The number of aromatic nitrogens is 2. The zero-order chi connectivity index (χ0) is 24.1. The Balaban J connectivity index is 1.22. The van der Waals surface area contributed by atoms with Crippen LogP contribution in [0.1, 0.15) is 35.3 Å². The molecule has 1 N–H and O–H groups in total. The number of nitrogens with zero attached hydrogens (tertiary/aromatic N) is 3. The molecular weight excluding hydrogens is 438 g/mol. The maximum Gasteiger partial charge on any atom is 0.253 e. The van der Waals surface area contributed by atoms with E-state index in [1.807, 2.05) is 19.2 Å². The fourth-order valence-electron chi connectivity index (χ4n) is 4.32. The first-order valence-corrected chi connectivity index (χ1v) is 11.5. The Labute approximate surface area is 197 Å². The summed E-state index contributed by atoms with van der Waals surface area (Å²) in [6.07, 6.45) is 2.74. The lowest BCUT2D eigenvalue weighted by Crippen LogP contribution is -2.43. The number of benzene rings is 2. The van der Waals surface area contributed by atoms with Crippen LogP contribution in [-0.2, 0) is 11.2 Å². The monoisotopic (exact) mass is 466 g/mol. The quantitative estimate of drug-likeness (QED) is 0.565. The van der Waals surface area contributed by atoms with Crippen LogP contribution in [0.4, 0.5) is 8.78 Å². The summed E-state index contributed by atoms with van der Waals surface area (Å²) in [6.45, 7) is 1.64. The van der Waals surface area contributed by atoms with Crippen molar-refractivity contribution in [2.45, 2.75) is 25.7 Å². The van der Waals surface area contributed by atoms with Crippen molar-refractivity contribution in [2.24, 2.45) is 5.92 Å². The smallest absolute Gasteiger partial charge is 0.253 e. The lowest BCUT2D eigenvalue weighted by molar-refractivity contribution is -0.135. The number of halogens is 2. The van der Waals surface area contributed by atoms with E-state index in [1.165, 1.54) is 36.4 Å². The van der Waals surface area contributed by atoms with Crippen LogP contribution in [0.2, 0.25) is 0 Å². The number of aromatic amines is 1. The van der Waals surface area contributed by atoms with E-state index in [0.29, 0.717) is 43.7 Å². The number of amides is 2. The minimum Gasteiger partial charge on any atom is -0.346 e. The van der Waals surface area contributed by atoms with Gasteiger partial charge < -0.3 is 9.80 Å². The number of carbonyl (C=O) groups excluding carboxylic acids is 2. The molecule has 2 heterocycles. The van der Waals surface area contributed by atoms with Crippen LogP contribution in [0.15, 0.2) is 54.6 Å². The molecule has 2 amide bonds. The van der Waals surface area contributed by atoms with Gasteiger partial charge in [-0.1, -0.05) is 12.1 Å². The number of piperidine rings is 1. The van der Waals surface area contributed by atoms with Crippen molar-refractivity contribution in [3.63, 3.8) is 0 Å². The summed E-state index contributed by atoms with van der Waals surface area (Å²) < 4.78 is 26.5. The zero-order valence-electron chi connectivity index (χ0n) is 19.1. The Hall–Kier alpha value is -3.55. The van der Waals surface area contributed by atoms with Gasteiger partial charge in [-0.2, -0.15) is 5.10 Å². The molecule has 6 nitrogen and oxygen atoms in total. The number of likely N-dealkylation sites (tertiary alicyclic amines) is 1. The minimum absolute atomic E-state index is 0.0962. The largest absolute Gasteiger partial charge is 0.346 e. The standard InChI is InChI=1S/C26H28F2N4O2/c1-31(13-3-6-23-17-24(30-29-23)20-4-2-5-22(28)16-20)25(33)19-11-14-32(15-12-19)26(34)18-7-9-21(27)10-8-18/h2,4-5,7-10,16-17,19H,3,6,11-15H2,1H3,(H,29,30). The van der Waals surface area contributed by atoms with Crippen LogP contribution >= 0.6 is 0 Å². The van der Waals surface area contributed by atoms with Crippen molar-refractivity contribution in [3.8, 4) is 11.3 Å².